The number of halogens is 2. The Kier molecular flexibility index (Phi) is 10.7. The quantitative estimate of drug-likeness (QED) is 0.500. The predicted octanol–water partition coefficient (Wildman–Crippen LogP) is 3.53. The van der Waals surface area contributed by atoms with Crippen molar-refractivity contribution in [3.63, 3.8) is 0 Å². The molecule has 0 saturated heterocycles. The standard InChI is InChI=1S/C5H5.C3H3.2ClH.Mo/c1-2-4-5-3-1;1-2-3-1;;;/h1-5H;1H,2H2;2*1H;/q2*-1;;;+2/p-2. The Labute approximate surface area is 84.0 Å². The molecule has 3 heteroatoms. The SMILES string of the molecule is [C-]1=CC1.[Cl][Mo][Cl].c1cc[cH-]c1. The van der Waals surface area contributed by atoms with Crippen LogP contribution >= 0.6 is 18.8 Å². The normalized spacial score (nSPS) is 10.4. The average molecular weight is 271 g/mol. The second-order valence-corrected chi connectivity index (χ2v) is 4.68. The van der Waals surface area contributed by atoms with Crippen molar-refractivity contribution in [3.05, 3.63) is 42.5 Å². The molecule has 0 N–H and O–H groups in total. The third-order valence-corrected chi connectivity index (χ3v) is 0.760. The van der Waals surface area contributed by atoms with E-state index in [0.29, 0.717) is 0 Å². The Morgan fingerprint density at radius 2 is 1.64 bits per heavy atom. The molecule has 0 aliphatic heterocycles. The van der Waals surface area contributed by atoms with Crippen LogP contribution in [0.2, 0.25) is 0 Å². The van der Waals surface area contributed by atoms with Gasteiger partial charge in [-0.25, -0.2) is 18.6 Å². The van der Waals surface area contributed by atoms with Crippen molar-refractivity contribution in [1.82, 2.24) is 0 Å². The Hall–Kier alpha value is 0.358. The molecule has 1 aliphatic rings. The molecule has 0 amide bonds. The van der Waals surface area contributed by atoms with Crippen molar-refractivity contribution in [2.75, 3.05) is 0 Å². The summed E-state index contributed by atoms with van der Waals surface area (Å²) in [5.74, 6) is 0. The molecule has 1 aromatic rings. The van der Waals surface area contributed by atoms with Gasteiger partial charge in [-0.1, -0.05) is 0 Å². The van der Waals surface area contributed by atoms with Crippen LogP contribution in [-0.4, -0.2) is 0 Å². The van der Waals surface area contributed by atoms with E-state index < -0.39 is 16.5 Å². The van der Waals surface area contributed by atoms with Gasteiger partial charge >= 0.3 is 35.3 Å². The van der Waals surface area contributed by atoms with Crippen molar-refractivity contribution in [1.29, 1.82) is 0 Å². The number of rotatable bonds is 0. The summed E-state index contributed by atoms with van der Waals surface area (Å²) in [5, 5.41) is 0. The predicted molar refractivity (Wildman–Crippen MR) is 46.2 cm³/mol. The number of allylic oxidation sites excluding steroid dienone is 2. The summed E-state index contributed by atoms with van der Waals surface area (Å²) in [6.45, 7) is 0. The summed E-state index contributed by atoms with van der Waals surface area (Å²) in [6, 6.07) is 10.0. The molecule has 1 aliphatic carbocycles. The summed E-state index contributed by atoms with van der Waals surface area (Å²) in [7, 11) is 9.79. The van der Waals surface area contributed by atoms with Gasteiger partial charge in [0.2, 0.25) is 0 Å². The largest absolute Gasteiger partial charge is 0.214 e. The number of hydrogen-bond donors (Lipinski definition) is 0. The van der Waals surface area contributed by atoms with E-state index in [1.165, 1.54) is 0 Å². The second kappa shape index (κ2) is 10.4. The zero-order valence-electron chi connectivity index (χ0n) is 5.84. The zero-order valence-corrected chi connectivity index (χ0v) is 9.35. The first-order valence-electron chi connectivity index (χ1n) is 3.03. The molecule has 0 heterocycles. The van der Waals surface area contributed by atoms with Crippen LogP contribution in [0, 0.1) is 6.08 Å². The molecule has 0 radical (unpaired) electrons. The maximum absolute atomic E-state index is 4.89. The topological polar surface area (TPSA) is 0 Å². The van der Waals surface area contributed by atoms with Crippen molar-refractivity contribution in [3.8, 4) is 0 Å². The van der Waals surface area contributed by atoms with Crippen molar-refractivity contribution < 1.29 is 16.5 Å². The van der Waals surface area contributed by atoms with E-state index in [1.807, 2.05) is 36.4 Å². The Balaban J connectivity index is 0.000000146. The Morgan fingerprint density at radius 1 is 1.27 bits per heavy atom. The fourth-order valence-electron chi connectivity index (χ4n) is 0.321. The average Bonchev–Trinajstić information content (AvgIpc) is 2.76. The zero-order chi connectivity index (χ0) is 8.36. The summed E-state index contributed by atoms with van der Waals surface area (Å²) in [5.41, 5.74) is 0. The van der Waals surface area contributed by atoms with Gasteiger partial charge < -0.3 is 6.08 Å². The fourth-order valence-corrected chi connectivity index (χ4v) is 0.321. The van der Waals surface area contributed by atoms with Gasteiger partial charge in [0.05, 0.1) is 0 Å². The molecule has 0 nitrogen and oxygen atoms in total. The summed E-state index contributed by atoms with van der Waals surface area (Å²) in [4.78, 5) is 0. The van der Waals surface area contributed by atoms with Crippen LogP contribution in [0.15, 0.2) is 36.4 Å². The van der Waals surface area contributed by atoms with Gasteiger partial charge in [0, 0.05) is 0 Å². The van der Waals surface area contributed by atoms with Gasteiger partial charge in [-0.15, -0.1) is 0 Å². The van der Waals surface area contributed by atoms with E-state index in [-0.39, 0.29) is 0 Å². The molecular formula is C8H8Cl2Mo-2. The van der Waals surface area contributed by atoms with E-state index in [1.54, 1.807) is 0 Å². The minimum absolute atomic E-state index is 0.586. The molecule has 0 saturated carbocycles. The Bertz CT molecular complexity index is 137. The minimum Gasteiger partial charge on any atom is -0.214 e. The van der Waals surface area contributed by atoms with Crippen molar-refractivity contribution in [2.24, 2.45) is 0 Å². The molecule has 0 atom stereocenters. The molecule has 0 aromatic heterocycles. The molecule has 0 fully saturated rings. The molecule has 0 unspecified atom stereocenters. The van der Waals surface area contributed by atoms with Gasteiger partial charge in [-0.2, -0.15) is 18.2 Å². The van der Waals surface area contributed by atoms with Crippen LogP contribution in [0.1, 0.15) is 6.42 Å². The third-order valence-electron chi connectivity index (χ3n) is 0.760. The van der Waals surface area contributed by atoms with Crippen LogP contribution in [0.5, 0.6) is 0 Å². The third kappa shape index (κ3) is 17.9. The maximum atomic E-state index is 4.89. The van der Waals surface area contributed by atoms with Crippen LogP contribution in [0.3, 0.4) is 0 Å². The first kappa shape index (κ1) is 11.4. The summed E-state index contributed by atoms with van der Waals surface area (Å²) < 4.78 is 0. The van der Waals surface area contributed by atoms with Crippen LogP contribution in [0.4, 0.5) is 0 Å². The molecule has 1 aromatic carbocycles. The van der Waals surface area contributed by atoms with E-state index in [4.69, 9.17) is 18.8 Å². The van der Waals surface area contributed by atoms with E-state index >= 15 is 0 Å². The van der Waals surface area contributed by atoms with Crippen molar-refractivity contribution in [2.45, 2.75) is 6.42 Å². The van der Waals surface area contributed by atoms with Crippen molar-refractivity contribution >= 4 is 18.8 Å². The van der Waals surface area contributed by atoms with E-state index in [0.717, 1.165) is 6.42 Å². The van der Waals surface area contributed by atoms with Crippen LogP contribution in [0.25, 0.3) is 0 Å². The monoisotopic (exact) mass is 272 g/mol. The fraction of sp³-hybridized carbons (Fsp3) is 0.125. The summed E-state index contributed by atoms with van der Waals surface area (Å²) in [6.07, 6.45) is 6.00. The molecule has 62 valence electrons. The smallest absolute Gasteiger partial charge is 0.172 e. The summed E-state index contributed by atoms with van der Waals surface area (Å²) >= 11 is -0.586. The Morgan fingerprint density at radius 3 is 1.73 bits per heavy atom. The van der Waals surface area contributed by atoms with E-state index in [2.05, 4.69) is 6.08 Å². The van der Waals surface area contributed by atoms with Gasteiger partial charge in [-0.3, -0.25) is 6.08 Å². The number of hydrogen-bond acceptors (Lipinski definition) is 0. The minimum atomic E-state index is -0.586. The second-order valence-electron chi connectivity index (χ2n) is 1.63. The first-order valence-corrected chi connectivity index (χ1v) is 8.19. The van der Waals surface area contributed by atoms with Gasteiger partial charge in [0.1, 0.15) is 0 Å². The van der Waals surface area contributed by atoms with Gasteiger partial charge in [-0.05, 0) is 0 Å². The molecular weight excluding hydrogens is 263 g/mol. The van der Waals surface area contributed by atoms with Gasteiger partial charge in [0.25, 0.3) is 0 Å². The van der Waals surface area contributed by atoms with Gasteiger partial charge in [0.15, 0.2) is 0 Å². The van der Waals surface area contributed by atoms with Crippen LogP contribution in [-0.2, 0) is 16.5 Å². The maximum Gasteiger partial charge on any atom is -0.172 e. The first-order chi connectivity index (χ1) is 5.41. The molecule has 11 heavy (non-hydrogen) atoms. The molecule has 0 spiro atoms. The van der Waals surface area contributed by atoms with Crippen LogP contribution < -0.4 is 0 Å². The van der Waals surface area contributed by atoms with E-state index in [9.17, 15) is 0 Å². The molecule has 2 rings (SSSR count). The molecule has 0 bridgehead atoms.